The molecular weight excluding hydrogens is 323 g/mol. The van der Waals surface area contributed by atoms with E-state index in [4.69, 9.17) is 4.74 Å². The van der Waals surface area contributed by atoms with Crippen molar-refractivity contribution in [2.24, 2.45) is 0 Å². The molecular formula is C19H19FN2O3. The van der Waals surface area contributed by atoms with Gasteiger partial charge in [0.05, 0.1) is 17.9 Å². The summed E-state index contributed by atoms with van der Waals surface area (Å²) < 4.78 is 19.6. The number of nitrogens with one attached hydrogen (secondary N) is 1. The standard InChI is InChI=1S/C19H19FN2O3/c1-11-4-7-17-18(8-11)25-12(2)10-22(17)19(24)14-5-6-15(20)16(9-14)21-13(3)23/h4-9,12H,10H2,1-3H3,(H,21,23)/t12-/m0/s1. The first kappa shape index (κ1) is 17.0. The second kappa shape index (κ2) is 6.55. The minimum Gasteiger partial charge on any atom is -0.487 e. The number of anilines is 2. The lowest BCUT2D eigenvalue weighted by molar-refractivity contribution is -0.114. The number of benzene rings is 2. The molecule has 0 spiro atoms. The molecule has 0 saturated carbocycles. The van der Waals surface area contributed by atoms with E-state index in [-0.39, 0.29) is 17.7 Å². The summed E-state index contributed by atoms with van der Waals surface area (Å²) in [5.74, 6) is -0.606. The molecule has 6 heteroatoms. The number of amides is 2. The monoisotopic (exact) mass is 342 g/mol. The molecule has 2 amide bonds. The first-order chi connectivity index (χ1) is 11.8. The summed E-state index contributed by atoms with van der Waals surface area (Å²) in [6, 6.07) is 9.58. The third-order valence-electron chi connectivity index (χ3n) is 3.94. The fraction of sp³-hybridized carbons (Fsp3) is 0.263. The van der Waals surface area contributed by atoms with Crippen molar-refractivity contribution in [3.63, 3.8) is 0 Å². The molecule has 3 rings (SSSR count). The van der Waals surface area contributed by atoms with Crippen molar-refractivity contribution < 1.29 is 18.7 Å². The van der Waals surface area contributed by atoms with E-state index in [0.29, 0.717) is 23.5 Å². The van der Waals surface area contributed by atoms with Crippen LogP contribution >= 0.6 is 0 Å². The Balaban J connectivity index is 1.97. The van der Waals surface area contributed by atoms with Crippen LogP contribution in [0.15, 0.2) is 36.4 Å². The van der Waals surface area contributed by atoms with Gasteiger partial charge < -0.3 is 15.0 Å². The van der Waals surface area contributed by atoms with Crippen LogP contribution in [0, 0.1) is 12.7 Å². The van der Waals surface area contributed by atoms with Gasteiger partial charge in [-0.3, -0.25) is 9.59 Å². The summed E-state index contributed by atoms with van der Waals surface area (Å²) in [5.41, 5.74) is 2.00. The Morgan fingerprint density at radius 3 is 2.72 bits per heavy atom. The van der Waals surface area contributed by atoms with Crippen molar-refractivity contribution in [3.05, 3.63) is 53.3 Å². The number of ether oxygens (including phenoxy) is 1. The van der Waals surface area contributed by atoms with E-state index in [0.717, 1.165) is 5.56 Å². The molecule has 0 saturated heterocycles. The van der Waals surface area contributed by atoms with Crippen molar-refractivity contribution in [2.45, 2.75) is 26.9 Å². The van der Waals surface area contributed by atoms with Crippen LogP contribution in [0.3, 0.4) is 0 Å². The van der Waals surface area contributed by atoms with Crippen LogP contribution in [0.1, 0.15) is 29.8 Å². The molecule has 0 fully saturated rings. The molecule has 130 valence electrons. The number of halogens is 1. The van der Waals surface area contributed by atoms with Crippen LogP contribution in [0.4, 0.5) is 15.8 Å². The molecule has 2 aromatic carbocycles. The van der Waals surface area contributed by atoms with E-state index in [1.807, 2.05) is 32.0 Å². The van der Waals surface area contributed by atoms with Crippen LogP contribution in [0.2, 0.25) is 0 Å². The number of aryl methyl sites for hydroxylation is 1. The van der Waals surface area contributed by atoms with Crippen molar-refractivity contribution in [2.75, 3.05) is 16.8 Å². The molecule has 25 heavy (non-hydrogen) atoms. The lowest BCUT2D eigenvalue weighted by atomic mass is 10.1. The number of carbonyl (C=O) groups is 2. The quantitative estimate of drug-likeness (QED) is 0.908. The number of carbonyl (C=O) groups excluding carboxylic acids is 2. The van der Waals surface area contributed by atoms with Crippen LogP contribution in [0.5, 0.6) is 5.75 Å². The van der Waals surface area contributed by atoms with Gasteiger partial charge >= 0.3 is 0 Å². The summed E-state index contributed by atoms with van der Waals surface area (Å²) in [7, 11) is 0. The zero-order valence-electron chi connectivity index (χ0n) is 14.3. The summed E-state index contributed by atoms with van der Waals surface area (Å²) >= 11 is 0. The maximum atomic E-state index is 13.8. The van der Waals surface area contributed by atoms with Crippen molar-refractivity contribution in [3.8, 4) is 5.75 Å². The van der Waals surface area contributed by atoms with Gasteiger partial charge in [0, 0.05) is 12.5 Å². The van der Waals surface area contributed by atoms with E-state index in [2.05, 4.69) is 5.32 Å². The largest absolute Gasteiger partial charge is 0.487 e. The maximum Gasteiger partial charge on any atom is 0.258 e. The normalized spacial score (nSPS) is 16.0. The molecule has 2 aromatic rings. The molecule has 1 atom stereocenters. The second-order valence-corrected chi connectivity index (χ2v) is 6.19. The highest BCUT2D eigenvalue weighted by Crippen LogP contribution is 2.35. The van der Waals surface area contributed by atoms with Crippen LogP contribution < -0.4 is 15.0 Å². The van der Waals surface area contributed by atoms with Gasteiger partial charge in [0.1, 0.15) is 17.7 Å². The molecule has 0 radical (unpaired) electrons. The lowest BCUT2D eigenvalue weighted by Crippen LogP contribution is -2.42. The van der Waals surface area contributed by atoms with Gasteiger partial charge in [-0.25, -0.2) is 4.39 Å². The lowest BCUT2D eigenvalue weighted by Gasteiger charge is -2.33. The predicted molar refractivity (Wildman–Crippen MR) is 93.6 cm³/mol. The van der Waals surface area contributed by atoms with Crippen molar-refractivity contribution in [1.29, 1.82) is 0 Å². The van der Waals surface area contributed by atoms with E-state index in [1.54, 1.807) is 4.90 Å². The molecule has 1 heterocycles. The van der Waals surface area contributed by atoms with Crippen LogP contribution in [0.25, 0.3) is 0 Å². The van der Waals surface area contributed by atoms with Gasteiger partial charge in [-0.1, -0.05) is 6.07 Å². The second-order valence-electron chi connectivity index (χ2n) is 6.19. The summed E-state index contributed by atoms with van der Waals surface area (Å²) in [6.07, 6.45) is -0.159. The highest BCUT2D eigenvalue weighted by Gasteiger charge is 2.28. The fourth-order valence-corrected chi connectivity index (χ4v) is 2.84. The number of nitrogens with zero attached hydrogens (tertiary/aromatic N) is 1. The van der Waals surface area contributed by atoms with Gasteiger partial charge in [-0.05, 0) is 49.7 Å². The first-order valence-corrected chi connectivity index (χ1v) is 8.01. The highest BCUT2D eigenvalue weighted by molar-refractivity contribution is 6.08. The molecule has 0 aliphatic carbocycles. The first-order valence-electron chi connectivity index (χ1n) is 8.01. The number of hydrogen-bond donors (Lipinski definition) is 1. The molecule has 5 nitrogen and oxygen atoms in total. The molecule has 1 aliphatic heterocycles. The van der Waals surface area contributed by atoms with Gasteiger partial charge in [0.15, 0.2) is 0 Å². The number of hydrogen-bond acceptors (Lipinski definition) is 3. The van der Waals surface area contributed by atoms with Gasteiger partial charge in [0.2, 0.25) is 5.91 Å². The minimum absolute atomic E-state index is 0.0104. The number of rotatable bonds is 2. The fourth-order valence-electron chi connectivity index (χ4n) is 2.84. The Morgan fingerprint density at radius 1 is 1.24 bits per heavy atom. The predicted octanol–water partition coefficient (Wildman–Crippen LogP) is 3.52. The van der Waals surface area contributed by atoms with Crippen LogP contribution in [-0.4, -0.2) is 24.5 Å². The van der Waals surface area contributed by atoms with E-state index in [1.165, 1.54) is 25.1 Å². The Morgan fingerprint density at radius 2 is 2.00 bits per heavy atom. The van der Waals surface area contributed by atoms with Crippen LogP contribution in [-0.2, 0) is 4.79 Å². The minimum atomic E-state index is -0.585. The summed E-state index contributed by atoms with van der Waals surface area (Å²) in [5, 5.41) is 2.40. The number of fused-ring (bicyclic) bond motifs is 1. The SMILES string of the molecule is CC(=O)Nc1cc(C(=O)N2C[C@H](C)Oc3cc(C)ccc32)ccc1F. The Bertz CT molecular complexity index is 851. The molecule has 1 N–H and O–H groups in total. The zero-order valence-corrected chi connectivity index (χ0v) is 14.3. The molecule has 0 aromatic heterocycles. The van der Waals surface area contributed by atoms with Crippen molar-refractivity contribution >= 4 is 23.2 Å². The Kier molecular flexibility index (Phi) is 4.44. The Labute approximate surface area is 145 Å². The average molecular weight is 342 g/mol. The van der Waals surface area contributed by atoms with E-state index >= 15 is 0 Å². The topological polar surface area (TPSA) is 58.6 Å². The third-order valence-corrected chi connectivity index (χ3v) is 3.94. The van der Waals surface area contributed by atoms with Gasteiger partial charge in [0.25, 0.3) is 5.91 Å². The Hall–Kier alpha value is -2.89. The van der Waals surface area contributed by atoms with E-state index < -0.39 is 11.7 Å². The van der Waals surface area contributed by atoms with E-state index in [9.17, 15) is 14.0 Å². The smallest absolute Gasteiger partial charge is 0.258 e. The zero-order chi connectivity index (χ0) is 18.1. The van der Waals surface area contributed by atoms with Crippen molar-refractivity contribution in [1.82, 2.24) is 0 Å². The third kappa shape index (κ3) is 3.47. The average Bonchev–Trinajstić information content (AvgIpc) is 2.54. The molecule has 1 aliphatic rings. The molecule has 0 bridgehead atoms. The molecule has 0 unspecified atom stereocenters. The maximum absolute atomic E-state index is 13.8. The van der Waals surface area contributed by atoms with Gasteiger partial charge in [-0.15, -0.1) is 0 Å². The summed E-state index contributed by atoms with van der Waals surface area (Å²) in [4.78, 5) is 25.8. The van der Waals surface area contributed by atoms with Gasteiger partial charge in [-0.2, -0.15) is 0 Å². The summed E-state index contributed by atoms with van der Waals surface area (Å²) in [6.45, 7) is 5.52. The highest BCUT2D eigenvalue weighted by atomic mass is 19.1.